The normalized spacial score (nSPS) is 18.7. The summed E-state index contributed by atoms with van der Waals surface area (Å²) in [6.07, 6.45) is -5.06. The first kappa shape index (κ1) is 18.9. The van der Waals surface area contributed by atoms with Crippen molar-refractivity contribution in [3.63, 3.8) is 0 Å². The minimum absolute atomic E-state index is 0.0211. The zero-order chi connectivity index (χ0) is 15.7. The first-order chi connectivity index (χ1) is 9.34. The van der Waals surface area contributed by atoms with E-state index in [1.54, 1.807) is 0 Å². The van der Waals surface area contributed by atoms with Gasteiger partial charge >= 0.3 is 5.97 Å². The molecule has 0 bridgehead atoms. The van der Waals surface area contributed by atoms with Crippen molar-refractivity contribution in [1.82, 2.24) is 0 Å². The summed E-state index contributed by atoms with van der Waals surface area (Å²) in [5, 5.41) is 37.2. The molecule has 6 N–H and O–H groups in total. The highest BCUT2D eigenvalue weighted by molar-refractivity contribution is 5.75. The fourth-order valence-corrected chi connectivity index (χ4v) is 1.43. The molecule has 0 heterocycles. The van der Waals surface area contributed by atoms with Gasteiger partial charge in [0.2, 0.25) is 0 Å². The van der Waals surface area contributed by atoms with E-state index in [1.807, 2.05) is 6.92 Å². The number of rotatable bonds is 10. The highest BCUT2D eigenvalue weighted by atomic mass is 16.5. The van der Waals surface area contributed by atoms with Crippen LogP contribution in [0.2, 0.25) is 0 Å². The Hall–Kier alpha value is -1.06. The van der Waals surface area contributed by atoms with Crippen molar-refractivity contribution >= 4 is 12.3 Å². The molecule has 0 rings (SSSR count). The van der Waals surface area contributed by atoms with Gasteiger partial charge in [-0.15, -0.1) is 0 Å². The maximum absolute atomic E-state index is 11.4. The van der Waals surface area contributed by atoms with Crippen LogP contribution in [0, 0.1) is 0 Å². The molecule has 0 aromatic heterocycles. The molecule has 8 heteroatoms. The topological polar surface area (TPSA) is 150 Å². The van der Waals surface area contributed by atoms with Crippen LogP contribution in [0.15, 0.2) is 0 Å². The molecule has 0 aromatic rings. The number of aliphatic hydroxyl groups excluding tert-OH is 4. The number of nitrogens with two attached hydrogens (primary N) is 1. The number of esters is 1. The molecule has 0 radical (unpaired) electrons. The molecular formula is C12H23NO7. The van der Waals surface area contributed by atoms with Gasteiger partial charge in [0.1, 0.15) is 37.1 Å². The molecule has 20 heavy (non-hydrogen) atoms. The lowest BCUT2D eigenvalue weighted by Crippen LogP contribution is -2.47. The Morgan fingerprint density at radius 1 is 1.25 bits per heavy atom. The van der Waals surface area contributed by atoms with E-state index in [1.165, 1.54) is 0 Å². The van der Waals surface area contributed by atoms with Gasteiger partial charge in [-0.1, -0.05) is 19.8 Å². The Labute approximate surface area is 117 Å². The average molecular weight is 293 g/mol. The third-order valence-corrected chi connectivity index (χ3v) is 2.80. The summed E-state index contributed by atoms with van der Waals surface area (Å²) < 4.78 is 4.69. The smallest absolute Gasteiger partial charge is 0.323 e. The Morgan fingerprint density at radius 3 is 2.35 bits per heavy atom. The molecule has 0 spiro atoms. The van der Waals surface area contributed by atoms with E-state index in [4.69, 9.17) is 15.6 Å². The Balaban J connectivity index is 4.17. The van der Waals surface area contributed by atoms with E-state index in [0.717, 1.165) is 12.8 Å². The number of hydrogen-bond acceptors (Lipinski definition) is 8. The van der Waals surface area contributed by atoms with Gasteiger partial charge in [0.05, 0.1) is 0 Å². The van der Waals surface area contributed by atoms with E-state index in [-0.39, 0.29) is 6.29 Å². The van der Waals surface area contributed by atoms with Gasteiger partial charge < -0.3 is 35.7 Å². The van der Waals surface area contributed by atoms with Crippen LogP contribution in [-0.2, 0) is 14.3 Å². The lowest BCUT2D eigenvalue weighted by Gasteiger charge is -2.24. The minimum Gasteiger partial charge on any atom is -0.462 e. The second-order valence-corrected chi connectivity index (χ2v) is 4.55. The standard InChI is InChI=1S/C12H23NO7/c1-2-3-4-7(13)12(19)20-6-9(16)11(18)10(17)8(15)5-14/h5,7-11,15-18H,2-4,6,13H2,1H3/t7-,8-,9+,10+,11+/m0/s1. The van der Waals surface area contributed by atoms with Crippen molar-refractivity contribution in [2.45, 2.75) is 56.6 Å². The summed E-state index contributed by atoms with van der Waals surface area (Å²) in [7, 11) is 0. The van der Waals surface area contributed by atoms with Crippen molar-refractivity contribution in [3.05, 3.63) is 0 Å². The molecule has 5 atom stereocenters. The van der Waals surface area contributed by atoms with Crippen molar-refractivity contribution in [2.24, 2.45) is 5.73 Å². The van der Waals surface area contributed by atoms with Crippen molar-refractivity contribution in [3.8, 4) is 0 Å². The van der Waals surface area contributed by atoms with Crippen LogP contribution in [0.3, 0.4) is 0 Å². The van der Waals surface area contributed by atoms with Crippen LogP contribution in [0.5, 0.6) is 0 Å². The molecule has 0 aromatic carbocycles. The lowest BCUT2D eigenvalue weighted by molar-refractivity contribution is -0.157. The predicted octanol–water partition coefficient (Wildman–Crippen LogP) is -2.31. The Morgan fingerprint density at radius 2 is 1.85 bits per heavy atom. The second-order valence-electron chi connectivity index (χ2n) is 4.55. The molecule has 0 amide bonds. The predicted molar refractivity (Wildman–Crippen MR) is 68.6 cm³/mol. The molecule has 0 aliphatic rings. The van der Waals surface area contributed by atoms with E-state index >= 15 is 0 Å². The molecule has 0 unspecified atom stereocenters. The van der Waals surface area contributed by atoms with Crippen LogP contribution in [-0.4, -0.2) is 69.7 Å². The van der Waals surface area contributed by atoms with Gasteiger partial charge in [0, 0.05) is 0 Å². The number of hydrogen-bond donors (Lipinski definition) is 5. The number of carbonyl (C=O) groups is 2. The van der Waals surface area contributed by atoms with Crippen molar-refractivity contribution < 1.29 is 34.8 Å². The lowest BCUT2D eigenvalue weighted by atomic mass is 10.0. The molecule has 0 saturated heterocycles. The number of unbranched alkanes of at least 4 members (excludes halogenated alkanes) is 1. The fraction of sp³-hybridized carbons (Fsp3) is 0.833. The molecular weight excluding hydrogens is 270 g/mol. The van der Waals surface area contributed by atoms with Gasteiger partial charge in [0.25, 0.3) is 0 Å². The third kappa shape index (κ3) is 6.40. The number of ether oxygens (including phenoxy) is 1. The molecule has 0 fully saturated rings. The summed E-state index contributed by atoms with van der Waals surface area (Å²) in [4.78, 5) is 21.7. The zero-order valence-electron chi connectivity index (χ0n) is 11.4. The molecule has 0 aliphatic heterocycles. The molecule has 0 aliphatic carbocycles. The van der Waals surface area contributed by atoms with Crippen LogP contribution in [0.25, 0.3) is 0 Å². The monoisotopic (exact) mass is 293 g/mol. The van der Waals surface area contributed by atoms with Gasteiger partial charge in [-0.3, -0.25) is 4.79 Å². The average Bonchev–Trinajstić information content (AvgIpc) is 2.46. The SMILES string of the molecule is CCCC[C@H](N)C(=O)OC[C@@H](O)[C@@H](O)[C@H](O)[C@@H](O)C=O. The van der Waals surface area contributed by atoms with Gasteiger partial charge in [-0.25, -0.2) is 0 Å². The maximum atomic E-state index is 11.4. The summed E-state index contributed by atoms with van der Waals surface area (Å²) in [6, 6.07) is -0.815. The van der Waals surface area contributed by atoms with Crippen LogP contribution in [0.1, 0.15) is 26.2 Å². The highest BCUT2D eigenvalue weighted by Crippen LogP contribution is 2.06. The van der Waals surface area contributed by atoms with E-state index in [2.05, 4.69) is 0 Å². The van der Waals surface area contributed by atoms with Crippen molar-refractivity contribution in [1.29, 1.82) is 0 Å². The van der Waals surface area contributed by atoms with E-state index < -0.39 is 43.0 Å². The Kier molecular flexibility index (Phi) is 9.26. The van der Waals surface area contributed by atoms with Crippen molar-refractivity contribution in [2.75, 3.05) is 6.61 Å². The first-order valence-corrected chi connectivity index (χ1v) is 6.44. The van der Waals surface area contributed by atoms with Crippen LogP contribution >= 0.6 is 0 Å². The van der Waals surface area contributed by atoms with E-state index in [0.29, 0.717) is 6.42 Å². The second kappa shape index (κ2) is 9.78. The summed E-state index contributed by atoms with van der Waals surface area (Å²) in [5.74, 6) is -0.727. The molecule has 0 saturated carbocycles. The molecule has 118 valence electrons. The van der Waals surface area contributed by atoms with Gasteiger partial charge in [0.15, 0.2) is 6.29 Å². The van der Waals surface area contributed by atoms with Crippen LogP contribution < -0.4 is 5.73 Å². The number of aliphatic hydroxyl groups is 4. The fourth-order valence-electron chi connectivity index (χ4n) is 1.43. The van der Waals surface area contributed by atoms with E-state index in [9.17, 15) is 24.9 Å². The Bertz CT molecular complexity index is 300. The largest absolute Gasteiger partial charge is 0.462 e. The minimum atomic E-state index is -1.87. The maximum Gasteiger partial charge on any atom is 0.323 e. The zero-order valence-corrected chi connectivity index (χ0v) is 11.4. The first-order valence-electron chi connectivity index (χ1n) is 6.44. The summed E-state index contributed by atoms with van der Waals surface area (Å²) in [5.41, 5.74) is 5.54. The third-order valence-electron chi connectivity index (χ3n) is 2.80. The summed E-state index contributed by atoms with van der Waals surface area (Å²) in [6.45, 7) is 1.35. The van der Waals surface area contributed by atoms with Gasteiger partial charge in [-0.05, 0) is 6.42 Å². The quantitative estimate of drug-likeness (QED) is 0.223. The number of aldehydes is 1. The van der Waals surface area contributed by atoms with Crippen LogP contribution in [0.4, 0.5) is 0 Å². The summed E-state index contributed by atoms with van der Waals surface area (Å²) >= 11 is 0. The van der Waals surface area contributed by atoms with Gasteiger partial charge in [-0.2, -0.15) is 0 Å². The number of carbonyl (C=O) groups excluding carboxylic acids is 2. The highest BCUT2D eigenvalue weighted by Gasteiger charge is 2.31. The molecule has 8 nitrogen and oxygen atoms in total.